The molecule has 11 heteroatoms. The molecular formula is C22H20ClF2N3O5. The highest BCUT2D eigenvalue weighted by Gasteiger charge is 2.16. The Labute approximate surface area is 192 Å². The van der Waals surface area contributed by atoms with E-state index in [0.29, 0.717) is 17.3 Å². The highest BCUT2D eigenvalue weighted by molar-refractivity contribution is 6.31. The van der Waals surface area contributed by atoms with Crippen LogP contribution >= 0.6 is 11.6 Å². The van der Waals surface area contributed by atoms with Crippen LogP contribution in [0.4, 0.5) is 8.78 Å². The number of nitrogens with one attached hydrogen (secondary N) is 1. The second-order valence-electron chi connectivity index (χ2n) is 7.11. The van der Waals surface area contributed by atoms with Gasteiger partial charge in [0.1, 0.15) is 24.6 Å². The largest absolute Gasteiger partial charge is 0.471 e. The zero-order chi connectivity index (χ0) is 24.1. The van der Waals surface area contributed by atoms with Crippen molar-refractivity contribution in [2.24, 2.45) is 0 Å². The van der Waals surface area contributed by atoms with Gasteiger partial charge in [-0.1, -0.05) is 17.7 Å². The van der Waals surface area contributed by atoms with Crippen LogP contribution in [0.15, 0.2) is 47.5 Å². The number of aromatic nitrogens is 2. The quantitative estimate of drug-likeness (QED) is 0.456. The Morgan fingerprint density at radius 2 is 2.03 bits per heavy atom. The Hall–Kier alpha value is -3.34. The molecule has 8 nitrogen and oxygen atoms in total. The molecule has 33 heavy (non-hydrogen) atoms. The molecule has 0 fully saturated rings. The van der Waals surface area contributed by atoms with Gasteiger partial charge in [0, 0.05) is 23.7 Å². The fourth-order valence-corrected chi connectivity index (χ4v) is 3.06. The fraction of sp³-hybridized carbons (Fsp3) is 0.227. The maximum absolute atomic E-state index is 13.8. The summed E-state index contributed by atoms with van der Waals surface area (Å²) in [5.41, 5.74) is 0.553. The minimum absolute atomic E-state index is 0.0549. The number of ether oxygens (including phenoxy) is 1. The number of amides is 1. The third kappa shape index (κ3) is 5.72. The van der Waals surface area contributed by atoms with Crippen LogP contribution in [0.5, 0.6) is 5.88 Å². The van der Waals surface area contributed by atoms with Gasteiger partial charge in [-0.25, -0.2) is 13.8 Å². The lowest BCUT2D eigenvalue weighted by Gasteiger charge is -2.14. The fourth-order valence-electron chi connectivity index (χ4n) is 2.86. The average Bonchev–Trinajstić information content (AvgIpc) is 2.79. The van der Waals surface area contributed by atoms with Crippen molar-refractivity contribution in [1.29, 1.82) is 0 Å². The van der Waals surface area contributed by atoms with Gasteiger partial charge < -0.3 is 20.3 Å². The number of hydrogen-bond acceptors (Lipinski definition) is 6. The van der Waals surface area contributed by atoms with E-state index in [0.717, 1.165) is 17.0 Å². The highest BCUT2D eigenvalue weighted by atomic mass is 35.5. The molecule has 0 spiro atoms. The van der Waals surface area contributed by atoms with E-state index in [1.165, 1.54) is 18.2 Å². The summed E-state index contributed by atoms with van der Waals surface area (Å²) in [6.45, 7) is 0.749. The molecule has 3 rings (SSSR count). The van der Waals surface area contributed by atoms with Crippen molar-refractivity contribution >= 4 is 17.5 Å². The van der Waals surface area contributed by atoms with Crippen LogP contribution in [-0.2, 0) is 6.61 Å². The van der Waals surface area contributed by atoms with Crippen molar-refractivity contribution in [3.63, 3.8) is 0 Å². The van der Waals surface area contributed by atoms with Gasteiger partial charge in [0.05, 0.1) is 18.4 Å². The topological polar surface area (TPSA) is 114 Å². The van der Waals surface area contributed by atoms with E-state index in [4.69, 9.17) is 21.4 Å². The van der Waals surface area contributed by atoms with E-state index < -0.39 is 35.8 Å². The number of halogens is 3. The summed E-state index contributed by atoms with van der Waals surface area (Å²) in [6.07, 6.45) is 0.0600. The molecule has 0 aliphatic heterocycles. The second kappa shape index (κ2) is 10.5. The Morgan fingerprint density at radius 3 is 2.73 bits per heavy atom. The summed E-state index contributed by atoms with van der Waals surface area (Å²) in [6, 6.07) is 7.60. The minimum Gasteiger partial charge on any atom is -0.471 e. The molecule has 0 saturated heterocycles. The van der Waals surface area contributed by atoms with Gasteiger partial charge in [0.15, 0.2) is 5.02 Å². The van der Waals surface area contributed by atoms with E-state index in [1.807, 2.05) is 0 Å². The lowest BCUT2D eigenvalue weighted by molar-refractivity contribution is 0.0802. The van der Waals surface area contributed by atoms with Crippen molar-refractivity contribution < 1.29 is 28.5 Å². The van der Waals surface area contributed by atoms with Crippen molar-refractivity contribution in [2.45, 2.75) is 19.6 Å². The Morgan fingerprint density at radius 1 is 1.27 bits per heavy atom. The van der Waals surface area contributed by atoms with Crippen LogP contribution in [0.1, 0.15) is 21.5 Å². The van der Waals surface area contributed by atoms with Gasteiger partial charge >= 0.3 is 0 Å². The van der Waals surface area contributed by atoms with Gasteiger partial charge in [-0.3, -0.25) is 14.2 Å². The van der Waals surface area contributed by atoms with Crippen LogP contribution in [0.2, 0.25) is 5.02 Å². The van der Waals surface area contributed by atoms with E-state index in [2.05, 4.69) is 10.3 Å². The molecule has 0 saturated carbocycles. The third-order valence-electron chi connectivity index (χ3n) is 4.70. The summed E-state index contributed by atoms with van der Waals surface area (Å²) in [5, 5.41) is 20.3. The maximum Gasteiger partial charge on any atom is 0.280 e. The summed E-state index contributed by atoms with van der Waals surface area (Å²) in [4.78, 5) is 29.2. The third-order valence-corrected chi connectivity index (χ3v) is 5.03. The number of nitrogens with zero attached hydrogens (tertiary/aromatic N) is 2. The maximum atomic E-state index is 13.8. The first kappa shape index (κ1) is 24.3. The summed E-state index contributed by atoms with van der Waals surface area (Å²) in [5.74, 6) is -2.29. The molecule has 3 N–H and O–H groups in total. The SMILES string of the molecule is Cc1ccc(C(=O)NC[C@H](O)CO)cc1-n1cnc(OCc2ccc(F)cc2F)c(Cl)c1=O. The van der Waals surface area contributed by atoms with E-state index in [-0.39, 0.29) is 35.2 Å². The molecule has 3 aromatic rings. The Balaban J connectivity index is 1.84. The van der Waals surface area contributed by atoms with E-state index >= 15 is 0 Å². The first-order valence-corrected chi connectivity index (χ1v) is 10.1. The molecule has 0 radical (unpaired) electrons. The molecule has 1 heterocycles. The van der Waals surface area contributed by atoms with Gasteiger partial charge in [-0.2, -0.15) is 0 Å². The number of aliphatic hydroxyl groups is 2. The van der Waals surface area contributed by atoms with Crippen molar-refractivity contribution in [2.75, 3.05) is 13.2 Å². The summed E-state index contributed by atoms with van der Waals surface area (Å²) in [7, 11) is 0. The van der Waals surface area contributed by atoms with E-state index in [9.17, 15) is 23.5 Å². The molecule has 1 atom stereocenters. The smallest absolute Gasteiger partial charge is 0.280 e. The van der Waals surface area contributed by atoms with Gasteiger partial charge in [0.2, 0.25) is 5.88 Å². The number of benzene rings is 2. The summed E-state index contributed by atoms with van der Waals surface area (Å²) >= 11 is 6.13. The van der Waals surface area contributed by atoms with Gasteiger partial charge in [0.25, 0.3) is 11.5 Å². The number of carbonyl (C=O) groups excluding carboxylic acids is 1. The van der Waals surface area contributed by atoms with Gasteiger partial charge in [-0.05, 0) is 36.8 Å². The first-order chi connectivity index (χ1) is 15.7. The molecule has 0 bridgehead atoms. The number of hydrogen-bond donors (Lipinski definition) is 3. The van der Waals surface area contributed by atoms with Crippen LogP contribution in [0.3, 0.4) is 0 Å². The van der Waals surface area contributed by atoms with Crippen LogP contribution in [0.25, 0.3) is 5.69 Å². The number of carbonyl (C=O) groups is 1. The second-order valence-corrected chi connectivity index (χ2v) is 7.49. The van der Waals surface area contributed by atoms with Crippen molar-refractivity contribution in [3.05, 3.63) is 86.4 Å². The molecule has 2 aromatic carbocycles. The van der Waals surface area contributed by atoms with Crippen LogP contribution in [0, 0.1) is 18.6 Å². The Kier molecular flexibility index (Phi) is 7.75. The first-order valence-electron chi connectivity index (χ1n) is 9.73. The van der Waals surface area contributed by atoms with Crippen LogP contribution < -0.4 is 15.6 Å². The molecule has 1 amide bonds. The van der Waals surface area contributed by atoms with Crippen molar-refractivity contribution in [3.8, 4) is 11.6 Å². The Bertz CT molecular complexity index is 1240. The molecule has 0 unspecified atom stereocenters. The molecule has 0 aliphatic carbocycles. The summed E-state index contributed by atoms with van der Waals surface area (Å²) < 4.78 is 33.3. The van der Waals surface area contributed by atoms with Gasteiger partial charge in [-0.15, -0.1) is 0 Å². The number of rotatable bonds is 8. The lowest BCUT2D eigenvalue weighted by Crippen LogP contribution is -2.34. The zero-order valence-corrected chi connectivity index (χ0v) is 18.1. The zero-order valence-electron chi connectivity index (χ0n) is 17.4. The number of aliphatic hydroxyl groups excluding tert-OH is 2. The van der Waals surface area contributed by atoms with Crippen LogP contribution in [-0.4, -0.2) is 44.9 Å². The van der Waals surface area contributed by atoms with Crippen molar-refractivity contribution in [1.82, 2.24) is 14.9 Å². The standard InChI is InChI=1S/C22H20ClF2N3O5/c1-12-2-3-13(20(31)26-8-16(30)9-29)6-18(12)28-11-27-21(19(23)22(28)32)33-10-14-4-5-15(24)7-17(14)25/h2-7,11,16,29-30H,8-10H2,1H3,(H,26,31)/t16-/m0/s1. The number of aryl methyl sites for hydroxylation is 1. The van der Waals surface area contributed by atoms with E-state index in [1.54, 1.807) is 13.0 Å². The predicted octanol–water partition coefficient (Wildman–Crippen LogP) is 2.13. The molecular weight excluding hydrogens is 460 g/mol. The predicted molar refractivity (Wildman–Crippen MR) is 116 cm³/mol. The minimum atomic E-state index is -1.10. The lowest BCUT2D eigenvalue weighted by atomic mass is 10.1. The molecule has 0 aliphatic rings. The molecule has 1 aromatic heterocycles. The highest BCUT2D eigenvalue weighted by Crippen LogP contribution is 2.21. The normalized spacial score (nSPS) is 11.8. The molecule has 174 valence electrons. The monoisotopic (exact) mass is 479 g/mol. The average molecular weight is 480 g/mol.